The predicted octanol–water partition coefficient (Wildman–Crippen LogP) is 3.29. The summed E-state index contributed by atoms with van der Waals surface area (Å²) in [6, 6.07) is 12.4. The van der Waals surface area contributed by atoms with Gasteiger partial charge in [0.15, 0.2) is 11.5 Å². The number of phenolic OH excluding ortho intramolecular Hbond substituents is 1. The smallest absolute Gasteiger partial charge is 0.163 e. The van der Waals surface area contributed by atoms with E-state index in [4.69, 9.17) is 15.2 Å². The Morgan fingerprint density at radius 1 is 1.26 bits per heavy atom. The number of anilines is 2. The number of aromatic hydroxyl groups is 1. The van der Waals surface area contributed by atoms with Crippen molar-refractivity contribution in [2.24, 2.45) is 5.73 Å². The van der Waals surface area contributed by atoms with Gasteiger partial charge < -0.3 is 25.6 Å². The summed E-state index contributed by atoms with van der Waals surface area (Å²) in [7, 11) is 1.56. The Morgan fingerprint density at radius 3 is 2.81 bits per heavy atom. The first-order chi connectivity index (χ1) is 13.2. The number of nitrogens with two attached hydrogens (primary N) is 1. The summed E-state index contributed by atoms with van der Waals surface area (Å²) < 4.78 is 11.2. The van der Waals surface area contributed by atoms with E-state index in [1.807, 2.05) is 0 Å². The van der Waals surface area contributed by atoms with Gasteiger partial charge in [-0.25, -0.2) is 0 Å². The van der Waals surface area contributed by atoms with E-state index in [2.05, 4.69) is 16.4 Å². The van der Waals surface area contributed by atoms with Crippen molar-refractivity contribution < 1.29 is 14.6 Å². The van der Waals surface area contributed by atoms with Crippen LogP contribution in [0.2, 0.25) is 0 Å². The van der Waals surface area contributed by atoms with E-state index in [0.717, 1.165) is 6.42 Å². The minimum atomic E-state index is 0.130. The highest BCUT2D eigenvalue weighted by atomic mass is 16.5. The lowest BCUT2D eigenvalue weighted by Gasteiger charge is -2.15. The van der Waals surface area contributed by atoms with Crippen LogP contribution in [0.25, 0.3) is 10.9 Å². The summed E-state index contributed by atoms with van der Waals surface area (Å²) in [5.41, 5.74) is 7.78. The zero-order valence-electron chi connectivity index (χ0n) is 14.9. The van der Waals surface area contributed by atoms with Gasteiger partial charge in [0.1, 0.15) is 11.8 Å². The molecule has 0 spiro atoms. The van der Waals surface area contributed by atoms with Crippen molar-refractivity contribution in [2.75, 3.05) is 25.6 Å². The van der Waals surface area contributed by atoms with Gasteiger partial charge >= 0.3 is 0 Å². The molecule has 0 aliphatic rings. The van der Waals surface area contributed by atoms with Crippen LogP contribution in [0, 0.1) is 11.3 Å². The molecular formula is C20H20N4O3. The molecule has 0 atom stereocenters. The minimum Gasteiger partial charge on any atom is -0.508 e. The number of nitrogens with zero attached hydrogens (tertiary/aromatic N) is 2. The molecule has 0 aliphatic carbocycles. The number of hydrogen-bond acceptors (Lipinski definition) is 7. The van der Waals surface area contributed by atoms with Crippen LogP contribution in [-0.2, 0) is 0 Å². The molecule has 0 radical (unpaired) electrons. The topological polar surface area (TPSA) is 113 Å². The largest absolute Gasteiger partial charge is 0.508 e. The van der Waals surface area contributed by atoms with E-state index in [1.165, 1.54) is 6.20 Å². The predicted molar refractivity (Wildman–Crippen MR) is 104 cm³/mol. The van der Waals surface area contributed by atoms with Crippen molar-refractivity contribution in [3.63, 3.8) is 0 Å². The van der Waals surface area contributed by atoms with E-state index in [1.54, 1.807) is 43.5 Å². The highest BCUT2D eigenvalue weighted by Crippen LogP contribution is 2.37. The van der Waals surface area contributed by atoms with Gasteiger partial charge in [0.05, 0.1) is 30.5 Å². The molecule has 0 saturated heterocycles. The summed E-state index contributed by atoms with van der Waals surface area (Å²) in [6.45, 7) is 1.01. The SMILES string of the molecule is COc1cc2c(Nc3cccc(O)c3)c(C#N)cnc2cc1OCCCN. The summed E-state index contributed by atoms with van der Waals surface area (Å²) in [5, 5.41) is 23.1. The molecule has 0 unspecified atom stereocenters. The van der Waals surface area contributed by atoms with E-state index in [9.17, 15) is 10.4 Å². The van der Waals surface area contributed by atoms with Gasteiger partial charge in [0, 0.05) is 29.4 Å². The summed E-state index contributed by atoms with van der Waals surface area (Å²) in [4.78, 5) is 4.36. The minimum absolute atomic E-state index is 0.130. The number of rotatable bonds is 7. The molecule has 0 bridgehead atoms. The number of aromatic nitrogens is 1. The van der Waals surface area contributed by atoms with Gasteiger partial charge in [0.2, 0.25) is 0 Å². The molecule has 138 valence electrons. The van der Waals surface area contributed by atoms with Crippen LogP contribution < -0.4 is 20.5 Å². The molecule has 27 heavy (non-hydrogen) atoms. The average Bonchev–Trinajstić information content (AvgIpc) is 2.68. The Kier molecular flexibility index (Phi) is 5.59. The van der Waals surface area contributed by atoms with Crippen molar-refractivity contribution in [3.05, 3.63) is 48.2 Å². The number of hydrogen-bond donors (Lipinski definition) is 3. The van der Waals surface area contributed by atoms with Crippen LogP contribution in [0.3, 0.4) is 0 Å². The summed E-state index contributed by atoms with van der Waals surface area (Å²) >= 11 is 0. The van der Waals surface area contributed by atoms with E-state index in [0.29, 0.717) is 52.5 Å². The molecule has 3 aromatic rings. The average molecular weight is 364 g/mol. The van der Waals surface area contributed by atoms with E-state index < -0.39 is 0 Å². The van der Waals surface area contributed by atoms with Gasteiger partial charge in [-0.1, -0.05) is 6.07 Å². The van der Waals surface area contributed by atoms with Crippen LogP contribution in [-0.4, -0.2) is 30.4 Å². The number of nitrogens with one attached hydrogen (secondary N) is 1. The van der Waals surface area contributed by atoms with Crippen molar-refractivity contribution in [3.8, 4) is 23.3 Å². The van der Waals surface area contributed by atoms with Crippen LogP contribution in [0.1, 0.15) is 12.0 Å². The Balaban J connectivity index is 2.09. The number of fused-ring (bicyclic) bond motifs is 1. The van der Waals surface area contributed by atoms with Gasteiger partial charge in [-0.3, -0.25) is 4.98 Å². The second kappa shape index (κ2) is 8.25. The van der Waals surface area contributed by atoms with Crippen molar-refractivity contribution in [1.82, 2.24) is 4.98 Å². The van der Waals surface area contributed by atoms with Crippen LogP contribution >= 0.6 is 0 Å². The molecular weight excluding hydrogens is 344 g/mol. The second-order valence-corrected chi connectivity index (χ2v) is 5.84. The molecule has 4 N–H and O–H groups in total. The first-order valence-electron chi connectivity index (χ1n) is 8.46. The molecule has 0 fully saturated rings. The number of phenols is 1. The first-order valence-corrected chi connectivity index (χ1v) is 8.46. The van der Waals surface area contributed by atoms with Crippen LogP contribution in [0.5, 0.6) is 17.2 Å². The number of pyridine rings is 1. The maximum Gasteiger partial charge on any atom is 0.163 e. The third-order valence-electron chi connectivity index (χ3n) is 4.00. The number of methoxy groups -OCH3 is 1. The lowest BCUT2D eigenvalue weighted by Crippen LogP contribution is -2.07. The molecule has 7 nitrogen and oxygen atoms in total. The van der Waals surface area contributed by atoms with Gasteiger partial charge in [-0.2, -0.15) is 5.26 Å². The Morgan fingerprint density at radius 2 is 2.11 bits per heavy atom. The summed E-state index contributed by atoms with van der Waals surface area (Å²) in [5.74, 6) is 1.24. The van der Waals surface area contributed by atoms with E-state index >= 15 is 0 Å². The maximum atomic E-state index is 9.69. The first kappa shape index (κ1) is 18.3. The van der Waals surface area contributed by atoms with Crippen molar-refractivity contribution in [2.45, 2.75) is 6.42 Å². The number of benzene rings is 2. The molecule has 0 saturated carbocycles. The quantitative estimate of drug-likeness (QED) is 0.551. The fourth-order valence-corrected chi connectivity index (χ4v) is 2.69. The number of ether oxygens (including phenoxy) is 2. The highest BCUT2D eigenvalue weighted by Gasteiger charge is 2.14. The van der Waals surface area contributed by atoms with Gasteiger partial charge in [0.25, 0.3) is 0 Å². The molecule has 7 heteroatoms. The lowest BCUT2D eigenvalue weighted by atomic mass is 10.1. The van der Waals surface area contributed by atoms with Crippen LogP contribution in [0.4, 0.5) is 11.4 Å². The maximum absolute atomic E-state index is 9.69. The normalized spacial score (nSPS) is 10.4. The fraction of sp³-hybridized carbons (Fsp3) is 0.200. The van der Waals surface area contributed by atoms with Crippen LogP contribution in [0.15, 0.2) is 42.6 Å². The molecule has 1 aromatic heterocycles. The Labute approximate surface area is 157 Å². The summed E-state index contributed by atoms with van der Waals surface area (Å²) in [6.07, 6.45) is 2.23. The molecule has 2 aromatic carbocycles. The molecule has 0 amide bonds. The lowest BCUT2D eigenvalue weighted by molar-refractivity contribution is 0.292. The molecule has 0 aliphatic heterocycles. The second-order valence-electron chi connectivity index (χ2n) is 5.84. The molecule has 1 heterocycles. The zero-order valence-corrected chi connectivity index (χ0v) is 14.9. The zero-order chi connectivity index (χ0) is 19.2. The monoisotopic (exact) mass is 364 g/mol. The van der Waals surface area contributed by atoms with Gasteiger partial charge in [-0.05, 0) is 31.2 Å². The van der Waals surface area contributed by atoms with Crippen molar-refractivity contribution >= 4 is 22.3 Å². The van der Waals surface area contributed by atoms with E-state index in [-0.39, 0.29) is 5.75 Å². The Bertz CT molecular complexity index is 998. The number of nitriles is 1. The molecule has 3 rings (SSSR count). The highest BCUT2D eigenvalue weighted by molar-refractivity contribution is 5.97. The van der Waals surface area contributed by atoms with Crippen molar-refractivity contribution in [1.29, 1.82) is 5.26 Å². The fourth-order valence-electron chi connectivity index (χ4n) is 2.69. The Hall–Kier alpha value is -3.50. The third-order valence-corrected chi connectivity index (χ3v) is 4.00. The standard InChI is InChI=1S/C20H20N4O3/c1-26-18-9-16-17(10-19(18)27-7-3-6-21)23-12-13(11-22)20(16)24-14-4-2-5-15(25)8-14/h2,4-5,8-10,12,25H,3,6-7,21H2,1H3,(H,23,24). The van der Waals surface area contributed by atoms with Gasteiger partial charge in [-0.15, -0.1) is 0 Å². The third kappa shape index (κ3) is 4.02.